The van der Waals surface area contributed by atoms with E-state index in [2.05, 4.69) is 0 Å². The fraction of sp³-hybridized carbons (Fsp3) is 0.417. The standard InChI is InChI=1S/C12H16O5/c1-8-5-9(16-2)3-4-11(8)12(15)17-10(6-13)7-14/h3-5,10,13-14H,6-7H2,1-2H3. The molecule has 0 aliphatic rings. The number of esters is 1. The molecule has 0 heterocycles. The maximum Gasteiger partial charge on any atom is 0.338 e. The van der Waals surface area contributed by atoms with E-state index in [4.69, 9.17) is 19.7 Å². The zero-order valence-electron chi connectivity index (χ0n) is 9.84. The van der Waals surface area contributed by atoms with Crippen LogP contribution in [0.1, 0.15) is 15.9 Å². The minimum Gasteiger partial charge on any atom is -0.497 e. The second-order valence-electron chi connectivity index (χ2n) is 3.57. The second-order valence-corrected chi connectivity index (χ2v) is 3.57. The summed E-state index contributed by atoms with van der Waals surface area (Å²) in [5.41, 5.74) is 1.10. The molecule has 0 aliphatic heterocycles. The first-order valence-corrected chi connectivity index (χ1v) is 5.19. The Morgan fingerprint density at radius 3 is 2.47 bits per heavy atom. The minimum atomic E-state index is -0.885. The number of ether oxygens (including phenoxy) is 2. The second kappa shape index (κ2) is 6.22. The summed E-state index contributed by atoms with van der Waals surface area (Å²) in [5.74, 6) is 0.0816. The molecule has 0 radical (unpaired) electrons. The van der Waals surface area contributed by atoms with Crippen molar-refractivity contribution >= 4 is 5.97 Å². The van der Waals surface area contributed by atoms with Gasteiger partial charge in [-0.05, 0) is 30.7 Å². The van der Waals surface area contributed by atoms with Crippen LogP contribution >= 0.6 is 0 Å². The number of aliphatic hydroxyl groups excluding tert-OH is 2. The zero-order chi connectivity index (χ0) is 12.8. The van der Waals surface area contributed by atoms with Crippen molar-refractivity contribution in [2.75, 3.05) is 20.3 Å². The molecule has 1 rings (SSSR count). The smallest absolute Gasteiger partial charge is 0.338 e. The third kappa shape index (κ3) is 3.44. The van der Waals surface area contributed by atoms with Crippen LogP contribution in [0, 0.1) is 6.92 Å². The molecule has 0 unspecified atom stereocenters. The van der Waals surface area contributed by atoms with Gasteiger partial charge in [-0.15, -0.1) is 0 Å². The fourth-order valence-corrected chi connectivity index (χ4v) is 1.34. The zero-order valence-corrected chi connectivity index (χ0v) is 9.84. The van der Waals surface area contributed by atoms with E-state index in [1.807, 2.05) is 0 Å². The van der Waals surface area contributed by atoms with Crippen LogP contribution in [0.15, 0.2) is 18.2 Å². The van der Waals surface area contributed by atoms with Crippen LogP contribution in [-0.4, -0.2) is 42.6 Å². The van der Waals surface area contributed by atoms with Gasteiger partial charge in [0.2, 0.25) is 0 Å². The van der Waals surface area contributed by atoms with Crippen molar-refractivity contribution in [1.29, 1.82) is 0 Å². The molecule has 0 atom stereocenters. The normalized spacial score (nSPS) is 10.4. The number of carbonyl (C=O) groups is 1. The monoisotopic (exact) mass is 240 g/mol. The van der Waals surface area contributed by atoms with Crippen LogP contribution in [0.2, 0.25) is 0 Å². The Bertz CT molecular complexity index is 384. The van der Waals surface area contributed by atoms with Crippen LogP contribution in [0.3, 0.4) is 0 Å². The number of carbonyl (C=O) groups excluding carboxylic acids is 1. The quantitative estimate of drug-likeness (QED) is 0.733. The van der Waals surface area contributed by atoms with Crippen LogP contribution in [0.5, 0.6) is 5.75 Å². The molecule has 0 aliphatic carbocycles. The lowest BCUT2D eigenvalue weighted by Crippen LogP contribution is -2.25. The third-order valence-electron chi connectivity index (χ3n) is 2.33. The lowest BCUT2D eigenvalue weighted by molar-refractivity contribution is -0.00551. The topological polar surface area (TPSA) is 76.0 Å². The van der Waals surface area contributed by atoms with E-state index in [9.17, 15) is 4.79 Å². The summed E-state index contributed by atoms with van der Waals surface area (Å²) >= 11 is 0. The number of hydrogen-bond donors (Lipinski definition) is 2. The van der Waals surface area contributed by atoms with E-state index in [0.29, 0.717) is 16.9 Å². The summed E-state index contributed by atoms with van der Waals surface area (Å²) in [7, 11) is 1.54. The maximum absolute atomic E-state index is 11.7. The summed E-state index contributed by atoms with van der Waals surface area (Å²) in [4.78, 5) is 11.7. The van der Waals surface area contributed by atoms with E-state index < -0.39 is 25.3 Å². The molecule has 94 valence electrons. The predicted octanol–water partition coefficient (Wildman–Crippen LogP) is 0.514. The highest BCUT2D eigenvalue weighted by molar-refractivity contribution is 5.91. The predicted molar refractivity (Wildman–Crippen MR) is 61.1 cm³/mol. The van der Waals surface area contributed by atoms with Crippen molar-refractivity contribution in [2.24, 2.45) is 0 Å². The lowest BCUT2D eigenvalue weighted by atomic mass is 10.1. The first kappa shape index (κ1) is 13.5. The Hall–Kier alpha value is -1.59. The van der Waals surface area contributed by atoms with Crippen molar-refractivity contribution < 1.29 is 24.5 Å². The molecule has 0 saturated carbocycles. The van der Waals surface area contributed by atoms with Gasteiger partial charge in [0.05, 0.1) is 25.9 Å². The van der Waals surface area contributed by atoms with E-state index in [1.54, 1.807) is 32.2 Å². The van der Waals surface area contributed by atoms with Gasteiger partial charge >= 0.3 is 5.97 Å². The van der Waals surface area contributed by atoms with Gasteiger partial charge in [0.25, 0.3) is 0 Å². The molecule has 0 aromatic heterocycles. The molecule has 1 aromatic rings. The van der Waals surface area contributed by atoms with E-state index in [0.717, 1.165) is 0 Å². The molecule has 5 nitrogen and oxygen atoms in total. The van der Waals surface area contributed by atoms with E-state index in [1.165, 1.54) is 0 Å². The van der Waals surface area contributed by atoms with E-state index >= 15 is 0 Å². The fourth-order valence-electron chi connectivity index (χ4n) is 1.34. The summed E-state index contributed by atoms with van der Waals surface area (Å²) in [6, 6.07) is 4.95. The van der Waals surface area contributed by atoms with Crippen molar-refractivity contribution in [3.8, 4) is 5.75 Å². The van der Waals surface area contributed by atoms with Crippen LogP contribution < -0.4 is 4.74 Å². The van der Waals surface area contributed by atoms with Crippen molar-refractivity contribution in [2.45, 2.75) is 13.0 Å². The first-order valence-electron chi connectivity index (χ1n) is 5.19. The molecule has 17 heavy (non-hydrogen) atoms. The van der Waals surface area contributed by atoms with E-state index in [-0.39, 0.29) is 0 Å². The maximum atomic E-state index is 11.7. The number of methoxy groups -OCH3 is 1. The molecule has 5 heteroatoms. The molecule has 2 N–H and O–H groups in total. The Labute approximate surface area is 99.6 Å². The highest BCUT2D eigenvalue weighted by Gasteiger charge is 2.16. The lowest BCUT2D eigenvalue weighted by Gasteiger charge is -2.14. The third-order valence-corrected chi connectivity index (χ3v) is 2.33. The summed E-state index contributed by atoms with van der Waals surface area (Å²) in [6.45, 7) is 0.945. The van der Waals surface area contributed by atoms with Gasteiger partial charge < -0.3 is 19.7 Å². The average Bonchev–Trinajstić information content (AvgIpc) is 2.35. The van der Waals surface area contributed by atoms with Gasteiger partial charge in [0.15, 0.2) is 0 Å². The van der Waals surface area contributed by atoms with Gasteiger partial charge in [-0.2, -0.15) is 0 Å². The summed E-state index contributed by atoms with van der Waals surface area (Å²) in [6.07, 6.45) is -0.885. The highest BCUT2D eigenvalue weighted by Crippen LogP contribution is 2.18. The van der Waals surface area contributed by atoms with Crippen LogP contribution in [0.25, 0.3) is 0 Å². The number of rotatable bonds is 5. The van der Waals surface area contributed by atoms with Crippen LogP contribution in [-0.2, 0) is 4.74 Å². The largest absolute Gasteiger partial charge is 0.497 e. The van der Waals surface area contributed by atoms with Gasteiger partial charge in [0, 0.05) is 0 Å². The molecule has 0 bridgehead atoms. The summed E-state index contributed by atoms with van der Waals surface area (Å²) < 4.78 is 9.93. The van der Waals surface area contributed by atoms with Crippen molar-refractivity contribution in [1.82, 2.24) is 0 Å². The number of hydrogen-bond acceptors (Lipinski definition) is 5. The Morgan fingerprint density at radius 2 is 2.00 bits per heavy atom. The van der Waals surface area contributed by atoms with Crippen LogP contribution in [0.4, 0.5) is 0 Å². The molecule has 0 fully saturated rings. The Morgan fingerprint density at radius 1 is 1.35 bits per heavy atom. The minimum absolute atomic E-state index is 0.387. The van der Waals surface area contributed by atoms with Gasteiger partial charge in [-0.25, -0.2) is 4.79 Å². The number of benzene rings is 1. The van der Waals surface area contributed by atoms with Gasteiger partial charge in [-0.3, -0.25) is 0 Å². The molecule has 0 saturated heterocycles. The average molecular weight is 240 g/mol. The Kier molecular flexibility index (Phi) is 4.93. The first-order chi connectivity index (χ1) is 8.12. The molecular formula is C12H16O5. The number of aliphatic hydroxyl groups is 2. The molecule has 0 spiro atoms. The SMILES string of the molecule is COc1ccc(C(=O)OC(CO)CO)c(C)c1. The summed E-state index contributed by atoms with van der Waals surface area (Å²) in [5, 5.41) is 17.6. The van der Waals surface area contributed by atoms with Gasteiger partial charge in [-0.1, -0.05) is 0 Å². The van der Waals surface area contributed by atoms with Gasteiger partial charge in [0.1, 0.15) is 11.9 Å². The van der Waals surface area contributed by atoms with Crippen molar-refractivity contribution in [3.05, 3.63) is 29.3 Å². The van der Waals surface area contributed by atoms with Crippen molar-refractivity contribution in [3.63, 3.8) is 0 Å². The number of aryl methyl sites for hydroxylation is 1. The molecular weight excluding hydrogens is 224 g/mol. The molecule has 0 amide bonds. The highest BCUT2D eigenvalue weighted by atomic mass is 16.6. The molecule has 1 aromatic carbocycles. The Balaban J connectivity index is 2.82.